The molecule has 0 N–H and O–H groups in total. The Bertz CT molecular complexity index is 352. The highest BCUT2D eigenvalue weighted by atomic mass is 19.4. The molecule has 126 valence electrons. The van der Waals surface area contributed by atoms with Gasteiger partial charge in [0.1, 0.15) is 12.7 Å². The molecular formula is C8H7F9O4. The molecule has 1 saturated heterocycles. The molecule has 1 rings (SSSR count). The maximum Gasteiger partial charge on any atom is 0.527 e. The molecule has 0 aromatic rings. The molecule has 1 heterocycles. The Morgan fingerprint density at radius 1 is 0.857 bits per heavy atom. The van der Waals surface area contributed by atoms with Crippen LogP contribution < -0.4 is 0 Å². The van der Waals surface area contributed by atoms with Gasteiger partial charge in [-0.15, -0.1) is 13.2 Å². The number of epoxide rings is 1. The van der Waals surface area contributed by atoms with E-state index in [-0.39, 0.29) is 6.61 Å². The van der Waals surface area contributed by atoms with Crippen LogP contribution in [0.5, 0.6) is 0 Å². The number of rotatable bonds is 8. The minimum absolute atomic E-state index is 0.181. The molecule has 0 radical (unpaired) electrons. The molecule has 0 aliphatic carbocycles. The van der Waals surface area contributed by atoms with Gasteiger partial charge in [0.25, 0.3) is 0 Å². The van der Waals surface area contributed by atoms with Crippen molar-refractivity contribution in [2.24, 2.45) is 0 Å². The van der Waals surface area contributed by atoms with Crippen molar-refractivity contribution in [3.8, 4) is 0 Å². The minimum atomic E-state index is -6.35. The van der Waals surface area contributed by atoms with E-state index in [4.69, 9.17) is 0 Å². The first kappa shape index (κ1) is 18.3. The van der Waals surface area contributed by atoms with E-state index in [0.717, 1.165) is 0 Å². The molecule has 1 atom stereocenters. The third-order valence-electron chi connectivity index (χ3n) is 1.84. The predicted octanol–water partition coefficient (Wildman–Crippen LogP) is 2.73. The topological polar surface area (TPSA) is 40.2 Å². The first-order valence-electron chi connectivity index (χ1n) is 5.04. The van der Waals surface area contributed by atoms with Gasteiger partial charge in [0.2, 0.25) is 0 Å². The first-order valence-corrected chi connectivity index (χ1v) is 5.04. The van der Waals surface area contributed by atoms with Crippen molar-refractivity contribution in [2.75, 3.05) is 19.8 Å². The van der Waals surface area contributed by atoms with Crippen LogP contribution in [0.1, 0.15) is 0 Å². The van der Waals surface area contributed by atoms with E-state index in [1.165, 1.54) is 0 Å². The number of halogens is 9. The lowest BCUT2D eigenvalue weighted by atomic mass is 10.5. The highest BCUT2D eigenvalue weighted by Crippen LogP contribution is 2.43. The lowest BCUT2D eigenvalue weighted by Gasteiger charge is -2.29. The fourth-order valence-electron chi connectivity index (χ4n) is 0.955. The van der Waals surface area contributed by atoms with Crippen LogP contribution in [-0.4, -0.2) is 50.6 Å². The quantitative estimate of drug-likeness (QED) is 0.504. The van der Waals surface area contributed by atoms with Crippen LogP contribution in [0.4, 0.5) is 39.5 Å². The van der Waals surface area contributed by atoms with E-state index in [1.54, 1.807) is 4.74 Å². The Kier molecular flexibility index (Phi) is 5.02. The van der Waals surface area contributed by atoms with E-state index in [2.05, 4.69) is 14.2 Å². The predicted molar refractivity (Wildman–Crippen MR) is 43.6 cm³/mol. The molecule has 4 nitrogen and oxygen atoms in total. The Morgan fingerprint density at radius 2 is 1.33 bits per heavy atom. The standard InChI is InChI=1S/C8H7F9O4/c9-5(10,3-18-1-4-2-19-4)20-6(11,12)7(13,14)21-8(15,16)17/h4H,1-3H2. The molecule has 0 amide bonds. The molecule has 0 aromatic carbocycles. The van der Waals surface area contributed by atoms with Crippen molar-refractivity contribution >= 4 is 0 Å². The lowest BCUT2D eigenvalue weighted by Crippen LogP contribution is -2.51. The van der Waals surface area contributed by atoms with E-state index < -0.39 is 44.0 Å². The molecule has 0 bridgehead atoms. The molecule has 1 fully saturated rings. The van der Waals surface area contributed by atoms with Crippen molar-refractivity contribution in [1.29, 1.82) is 0 Å². The smallest absolute Gasteiger partial charge is 0.371 e. The van der Waals surface area contributed by atoms with Crippen LogP contribution >= 0.6 is 0 Å². The Balaban J connectivity index is 2.58. The third-order valence-corrected chi connectivity index (χ3v) is 1.84. The van der Waals surface area contributed by atoms with E-state index >= 15 is 0 Å². The number of hydrogen-bond acceptors (Lipinski definition) is 4. The van der Waals surface area contributed by atoms with Crippen LogP contribution in [0, 0.1) is 0 Å². The molecule has 1 aliphatic rings. The monoisotopic (exact) mass is 338 g/mol. The largest absolute Gasteiger partial charge is 0.527 e. The molecular weight excluding hydrogens is 331 g/mol. The number of ether oxygens (including phenoxy) is 4. The third kappa shape index (κ3) is 6.23. The summed E-state index contributed by atoms with van der Waals surface area (Å²) in [7, 11) is 0. The molecule has 13 heteroatoms. The summed E-state index contributed by atoms with van der Waals surface area (Å²) in [5.41, 5.74) is 0. The zero-order chi connectivity index (χ0) is 16.5. The Labute approximate surface area is 110 Å². The zero-order valence-corrected chi connectivity index (χ0v) is 9.73. The fourth-order valence-corrected chi connectivity index (χ4v) is 0.955. The zero-order valence-electron chi connectivity index (χ0n) is 9.73. The average Bonchev–Trinajstić information content (AvgIpc) is 2.94. The summed E-state index contributed by atoms with van der Waals surface area (Å²) >= 11 is 0. The molecule has 1 aliphatic heterocycles. The number of alkyl halides is 9. The summed E-state index contributed by atoms with van der Waals surface area (Å²) in [6.45, 7) is -2.15. The van der Waals surface area contributed by atoms with Crippen molar-refractivity contribution in [3.05, 3.63) is 0 Å². The Morgan fingerprint density at radius 3 is 1.76 bits per heavy atom. The SMILES string of the molecule is FC(F)(F)OC(F)(F)C(F)(F)OC(F)(F)COCC1CO1. The average molecular weight is 338 g/mol. The summed E-state index contributed by atoms with van der Waals surface area (Å²) in [5.74, 6) is 0. The second-order valence-corrected chi connectivity index (χ2v) is 3.79. The van der Waals surface area contributed by atoms with Crippen molar-refractivity contribution in [2.45, 2.75) is 30.8 Å². The Hall–Kier alpha value is -0.790. The maximum atomic E-state index is 12.8. The van der Waals surface area contributed by atoms with Gasteiger partial charge >= 0.3 is 24.7 Å². The maximum absolute atomic E-state index is 12.8. The van der Waals surface area contributed by atoms with E-state index in [1.807, 2.05) is 0 Å². The van der Waals surface area contributed by atoms with Gasteiger partial charge in [-0.2, -0.15) is 26.3 Å². The van der Waals surface area contributed by atoms with E-state index in [9.17, 15) is 39.5 Å². The summed E-state index contributed by atoms with van der Waals surface area (Å²) < 4.78 is 123. The second kappa shape index (κ2) is 5.78. The van der Waals surface area contributed by atoms with E-state index in [0.29, 0.717) is 0 Å². The highest BCUT2D eigenvalue weighted by Gasteiger charge is 2.67. The normalized spacial score (nSPS) is 20.7. The summed E-state index contributed by atoms with van der Waals surface area (Å²) in [6.07, 6.45) is -24.3. The van der Waals surface area contributed by atoms with Crippen molar-refractivity contribution < 1.29 is 58.5 Å². The van der Waals surface area contributed by atoms with Crippen LogP contribution in [0.3, 0.4) is 0 Å². The van der Waals surface area contributed by atoms with Gasteiger partial charge in [-0.25, -0.2) is 9.47 Å². The minimum Gasteiger partial charge on any atom is -0.371 e. The van der Waals surface area contributed by atoms with Crippen LogP contribution in [0.2, 0.25) is 0 Å². The highest BCUT2D eigenvalue weighted by molar-refractivity contribution is 4.71. The van der Waals surface area contributed by atoms with Gasteiger partial charge in [-0.05, 0) is 0 Å². The second-order valence-electron chi connectivity index (χ2n) is 3.79. The van der Waals surface area contributed by atoms with Gasteiger partial charge in [-0.1, -0.05) is 0 Å². The first-order chi connectivity index (χ1) is 9.24. The summed E-state index contributed by atoms with van der Waals surface area (Å²) in [6, 6.07) is 0. The van der Waals surface area contributed by atoms with Crippen molar-refractivity contribution in [3.63, 3.8) is 0 Å². The number of hydrogen-bond donors (Lipinski definition) is 0. The van der Waals surface area contributed by atoms with Crippen LogP contribution in [0.25, 0.3) is 0 Å². The van der Waals surface area contributed by atoms with Gasteiger partial charge in [-0.3, -0.25) is 0 Å². The summed E-state index contributed by atoms with van der Waals surface area (Å²) in [5, 5.41) is 0. The van der Waals surface area contributed by atoms with Crippen LogP contribution in [0.15, 0.2) is 0 Å². The van der Waals surface area contributed by atoms with Gasteiger partial charge in [0.15, 0.2) is 0 Å². The molecule has 0 spiro atoms. The van der Waals surface area contributed by atoms with Crippen LogP contribution in [-0.2, 0) is 18.9 Å². The molecule has 0 aromatic heterocycles. The van der Waals surface area contributed by atoms with Gasteiger partial charge in [0.05, 0.1) is 13.2 Å². The van der Waals surface area contributed by atoms with Crippen molar-refractivity contribution in [1.82, 2.24) is 0 Å². The molecule has 1 unspecified atom stereocenters. The molecule has 21 heavy (non-hydrogen) atoms. The summed E-state index contributed by atoms with van der Waals surface area (Å²) in [4.78, 5) is 0. The van der Waals surface area contributed by atoms with Gasteiger partial charge in [0, 0.05) is 0 Å². The lowest BCUT2D eigenvalue weighted by molar-refractivity contribution is -0.530. The molecule has 0 saturated carbocycles. The fraction of sp³-hybridized carbons (Fsp3) is 1.00. The van der Waals surface area contributed by atoms with Gasteiger partial charge < -0.3 is 9.47 Å².